The number of hydrogen-bond acceptors (Lipinski definition) is 8. The Morgan fingerprint density at radius 3 is 1.92 bits per heavy atom. The highest BCUT2D eigenvalue weighted by Gasteiger charge is 2.24. The standard InChI is InChI=1S/C15H32O6S4/c1-14(2,12-24-21-20-16)6-10-22-8-5-9-23-11-7-15(3,4)13-25(17,18)19/h16H,5-13H2,1-4H3,(H,17,18,19). The fourth-order valence-electron chi connectivity index (χ4n) is 2.01. The van der Waals surface area contributed by atoms with Crippen LogP contribution in [0.5, 0.6) is 0 Å². The van der Waals surface area contributed by atoms with Crippen molar-refractivity contribution in [1.82, 2.24) is 0 Å². The molecule has 0 bridgehead atoms. The summed E-state index contributed by atoms with van der Waals surface area (Å²) >= 11 is 4.88. The van der Waals surface area contributed by atoms with E-state index in [-0.39, 0.29) is 16.6 Å². The van der Waals surface area contributed by atoms with E-state index in [1.807, 2.05) is 37.4 Å². The molecular formula is C15H32O6S4. The maximum Gasteiger partial charge on any atom is 0.265 e. The maximum absolute atomic E-state index is 10.9. The summed E-state index contributed by atoms with van der Waals surface area (Å²) in [5.74, 6) is 4.74. The highest BCUT2D eigenvalue weighted by atomic mass is 32.2. The summed E-state index contributed by atoms with van der Waals surface area (Å²) in [6.45, 7) is 8.06. The Labute approximate surface area is 165 Å². The van der Waals surface area contributed by atoms with Crippen LogP contribution < -0.4 is 0 Å². The highest BCUT2D eigenvalue weighted by Crippen LogP contribution is 2.28. The average molecular weight is 437 g/mol. The quantitative estimate of drug-likeness (QED) is 0.118. The number of thioether (sulfide) groups is 2. The molecule has 0 heterocycles. The molecule has 0 saturated carbocycles. The Bertz CT molecular complexity index is 439. The predicted octanol–water partition coefficient (Wildman–Crippen LogP) is 4.63. The van der Waals surface area contributed by atoms with Crippen LogP contribution in [0.15, 0.2) is 0 Å². The molecule has 2 N–H and O–H groups in total. The highest BCUT2D eigenvalue weighted by molar-refractivity contribution is 8.00. The summed E-state index contributed by atoms with van der Waals surface area (Å²) in [7, 11) is -3.90. The smallest absolute Gasteiger partial charge is 0.265 e. The summed E-state index contributed by atoms with van der Waals surface area (Å²) in [4.78, 5) is 0. The minimum absolute atomic E-state index is 0.129. The third-order valence-corrected chi connectivity index (χ3v) is 7.87. The van der Waals surface area contributed by atoms with E-state index in [0.717, 1.165) is 60.1 Å². The second-order valence-corrected chi connectivity index (χ2v) is 12.1. The van der Waals surface area contributed by atoms with Crippen molar-refractivity contribution < 1.29 is 27.6 Å². The Balaban J connectivity index is 3.58. The van der Waals surface area contributed by atoms with Crippen LogP contribution in [0.3, 0.4) is 0 Å². The van der Waals surface area contributed by atoms with E-state index in [9.17, 15) is 8.42 Å². The first-order chi connectivity index (χ1) is 11.5. The molecule has 0 aromatic heterocycles. The van der Waals surface area contributed by atoms with Gasteiger partial charge in [0, 0.05) is 17.8 Å². The molecule has 0 amide bonds. The first-order valence-electron chi connectivity index (χ1n) is 8.18. The molecule has 0 unspecified atom stereocenters. The molecular weight excluding hydrogens is 404 g/mol. The largest absolute Gasteiger partial charge is 0.286 e. The second-order valence-electron chi connectivity index (χ2n) is 7.54. The van der Waals surface area contributed by atoms with Gasteiger partial charge in [0.1, 0.15) is 0 Å². The maximum atomic E-state index is 10.9. The van der Waals surface area contributed by atoms with Gasteiger partial charge in [-0.25, -0.2) is 5.26 Å². The van der Waals surface area contributed by atoms with Gasteiger partial charge in [-0.3, -0.25) is 4.55 Å². The van der Waals surface area contributed by atoms with Gasteiger partial charge in [0.2, 0.25) is 0 Å². The third kappa shape index (κ3) is 18.0. The van der Waals surface area contributed by atoms with Gasteiger partial charge in [-0.1, -0.05) is 32.7 Å². The van der Waals surface area contributed by atoms with Crippen molar-refractivity contribution in [2.24, 2.45) is 10.8 Å². The van der Waals surface area contributed by atoms with Crippen molar-refractivity contribution in [3.63, 3.8) is 0 Å². The van der Waals surface area contributed by atoms with Crippen LogP contribution in [0, 0.1) is 10.8 Å². The molecule has 0 rings (SSSR count). The lowest BCUT2D eigenvalue weighted by atomic mass is 9.93. The van der Waals surface area contributed by atoms with Gasteiger partial charge >= 0.3 is 0 Å². The van der Waals surface area contributed by atoms with Crippen molar-refractivity contribution >= 4 is 45.7 Å². The summed E-state index contributed by atoms with van der Waals surface area (Å²) in [5.41, 5.74) is -0.257. The molecule has 0 atom stereocenters. The van der Waals surface area contributed by atoms with Crippen molar-refractivity contribution in [3.8, 4) is 0 Å². The monoisotopic (exact) mass is 436 g/mol. The van der Waals surface area contributed by atoms with Crippen molar-refractivity contribution in [1.29, 1.82) is 0 Å². The third-order valence-electron chi connectivity index (χ3n) is 3.53. The van der Waals surface area contributed by atoms with Crippen molar-refractivity contribution in [2.45, 2.75) is 47.0 Å². The van der Waals surface area contributed by atoms with Crippen molar-refractivity contribution in [2.75, 3.05) is 34.5 Å². The molecule has 6 nitrogen and oxygen atoms in total. The van der Waals surface area contributed by atoms with Gasteiger partial charge < -0.3 is 0 Å². The van der Waals surface area contributed by atoms with Gasteiger partial charge in [0.25, 0.3) is 10.1 Å². The van der Waals surface area contributed by atoms with Crippen LogP contribution in [0.4, 0.5) is 0 Å². The molecule has 0 saturated heterocycles. The van der Waals surface area contributed by atoms with E-state index in [1.54, 1.807) is 0 Å². The lowest BCUT2D eigenvalue weighted by Gasteiger charge is -2.22. The minimum atomic E-state index is -3.90. The molecule has 0 fully saturated rings. The van der Waals surface area contributed by atoms with Gasteiger partial charge in [-0.15, -0.1) is 4.33 Å². The van der Waals surface area contributed by atoms with Gasteiger partial charge in [-0.05, 0) is 53.1 Å². The zero-order valence-corrected chi connectivity index (χ0v) is 18.8. The molecule has 152 valence electrons. The number of hydrogen-bond donors (Lipinski definition) is 2. The molecule has 0 aliphatic heterocycles. The van der Waals surface area contributed by atoms with E-state index >= 15 is 0 Å². The van der Waals surface area contributed by atoms with Crippen LogP contribution in [-0.4, -0.2) is 52.7 Å². The van der Waals surface area contributed by atoms with E-state index in [0.29, 0.717) is 0 Å². The SMILES string of the molecule is CC(C)(CCSCCCSCCC(C)(C)CS(=O)(=O)O)CSOOO. The molecule has 0 aromatic rings. The topological polar surface area (TPSA) is 93.1 Å². The molecule has 25 heavy (non-hydrogen) atoms. The van der Waals surface area contributed by atoms with Crippen molar-refractivity contribution in [3.05, 3.63) is 0 Å². The summed E-state index contributed by atoms with van der Waals surface area (Å²) < 4.78 is 35.2. The molecule has 0 aromatic carbocycles. The minimum Gasteiger partial charge on any atom is -0.286 e. The van der Waals surface area contributed by atoms with Crippen LogP contribution in [-0.2, 0) is 19.5 Å². The Morgan fingerprint density at radius 1 is 0.920 bits per heavy atom. The molecule has 0 aliphatic rings. The lowest BCUT2D eigenvalue weighted by molar-refractivity contribution is -0.432. The lowest BCUT2D eigenvalue weighted by Crippen LogP contribution is -2.24. The Morgan fingerprint density at radius 2 is 1.44 bits per heavy atom. The van der Waals surface area contributed by atoms with E-state index in [4.69, 9.17) is 9.81 Å². The summed E-state index contributed by atoms with van der Waals surface area (Å²) in [5, 5.41) is 11.7. The fraction of sp³-hybridized carbons (Fsp3) is 1.00. The van der Waals surface area contributed by atoms with Crippen LogP contribution >= 0.6 is 35.6 Å². The molecule has 0 spiro atoms. The zero-order valence-electron chi connectivity index (χ0n) is 15.5. The van der Waals surface area contributed by atoms with Gasteiger partial charge in [0.15, 0.2) is 0 Å². The Hall–Kier alpha value is 0.840. The van der Waals surface area contributed by atoms with E-state index in [1.165, 1.54) is 0 Å². The van der Waals surface area contributed by atoms with Crippen LogP contribution in [0.2, 0.25) is 0 Å². The molecule has 10 heteroatoms. The summed E-state index contributed by atoms with van der Waals surface area (Å²) in [6.07, 6.45) is 2.97. The van der Waals surface area contributed by atoms with Crippen LogP contribution in [0.25, 0.3) is 0 Å². The first-order valence-corrected chi connectivity index (χ1v) is 13.0. The molecule has 0 radical (unpaired) electrons. The van der Waals surface area contributed by atoms with Crippen LogP contribution in [0.1, 0.15) is 47.0 Å². The van der Waals surface area contributed by atoms with E-state index < -0.39 is 10.1 Å². The first kappa shape index (κ1) is 25.8. The summed E-state index contributed by atoms with van der Waals surface area (Å²) in [6, 6.07) is 0. The van der Waals surface area contributed by atoms with E-state index in [2.05, 4.69) is 23.2 Å². The van der Waals surface area contributed by atoms with Gasteiger partial charge in [-0.2, -0.15) is 31.9 Å². The fourth-order valence-corrected chi connectivity index (χ4v) is 6.38. The molecule has 0 aliphatic carbocycles. The Kier molecular flexibility index (Phi) is 13.5. The predicted molar refractivity (Wildman–Crippen MR) is 110 cm³/mol. The zero-order chi connectivity index (χ0) is 19.4. The second kappa shape index (κ2) is 13.1. The van der Waals surface area contributed by atoms with Gasteiger partial charge in [0.05, 0.1) is 5.75 Å². The number of rotatable bonds is 16. The average Bonchev–Trinajstić information content (AvgIpc) is 2.43. The normalized spacial score (nSPS) is 13.4.